The van der Waals surface area contributed by atoms with E-state index < -0.39 is 10.0 Å². The lowest BCUT2D eigenvalue weighted by Gasteiger charge is -2.25. The highest BCUT2D eigenvalue weighted by atomic mass is 35.5. The Morgan fingerprint density at radius 2 is 1.49 bits per heavy atom. The van der Waals surface area contributed by atoms with Gasteiger partial charge >= 0.3 is 0 Å². The van der Waals surface area contributed by atoms with Crippen molar-refractivity contribution in [3.8, 4) is 0 Å². The molecule has 35 heavy (non-hydrogen) atoms. The molecule has 0 radical (unpaired) electrons. The zero-order chi connectivity index (χ0) is 25.0. The fourth-order valence-corrected chi connectivity index (χ4v) is 5.31. The van der Waals surface area contributed by atoms with Crippen molar-refractivity contribution in [2.45, 2.75) is 25.3 Å². The van der Waals surface area contributed by atoms with E-state index in [1.807, 2.05) is 32.0 Å². The Morgan fingerprint density at radius 1 is 0.829 bits per heavy atom. The van der Waals surface area contributed by atoms with Gasteiger partial charge in [0.15, 0.2) is 0 Å². The fourth-order valence-electron chi connectivity index (χ4n) is 3.62. The Bertz CT molecular complexity index is 1450. The van der Waals surface area contributed by atoms with Gasteiger partial charge in [0.25, 0.3) is 15.9 Å². The minimum atomic E-state index is -3.80. The van der Waals surface area contributed by atoms with Crippen LogP contribution in [0.5, 0.6) is 0 Å². The zero-order valence-corrected chi connectivity index (χ0v) is 21.0. The van der Waals surface area contributed by atoms with Crippen LogP contribution in [0, 0.1) is 13.8 Å². The van der Waals surface area contributed by atoms with Crippen LogP contribution in [0.15, 0.2) is 102 Å². The van der Waals surface area contributed by atoms with Crippen LogP contribution < -0.4 is 9.62 Å². The number of aryl methyl sites for hydroxylation is 2. The highest BCUT2D eigenvalue weighted by Crippen LogP contribution is 2.28. The number of sulfonamides is 1. The summed E-state index contributed by atoms with van der Waals surface area (Å²) in [5.74, 6) is -0.313. The molecule has 0 aromatic heterocycles. The lowest BCUT2D eigenvalue weighted by molar-refractivity contribution is 0.102. The molecule has 0 atom stereocenters. The lowest BCUT2D eigenvalue weighted by Crippen LogP contribution is -2.30. The van der Waals surface area contributed by atoms with Crippen molar-refractivity contribution in [2.24, 2.45) is 0 Å². The number of hydrogen-bond acceptors (Lipinski definition) is 3. The van der Waals surface area contributed by atoms with E-state index in [0.29, 0.717) is 22.0 Å². The number of carbonyl (C=O) groups is 1. The monoisotopic (exact) mass is 504 g/mol. The molecule has 0 spiro atoms. The maximum atomic E-state index is 13.6. The standard InChI is InChI=1S/C28H25ClN2O3S/c1-20-12-17-24(18-21(20)2)31(35(33,34)25-8-4-3-5-9-25)19-22-13-15-23(16-14-22)30-28(32)26-10-6-7-11-27(26)29/h3-18H,19H2,1-2H3,(H,30,32). The van der Waals surface area contributed by atoms with E-state index in [9.17, 15) is 13.2 Å². The predicted octanol–water partition coefficient (Wildman–Crippen LogP) is 6.60. The molecule has 0 saturated carbocycles. The van der Waals surface area contributed by atoms with Crippen molar-refractivity contribution >= 4 is 38.9 Å². The number of nitrogens with zero attached hydrogens (tertiary/aromatic N) is 1. The summed E-state index contributed by atoms with van der Waals surface area (Å²) in [5, 5.41) is 3.20. The average Bonchev–Trinajstić information content (AvgIpc) is 2.86. The second kappa shape index (κ2) is 10.3. The van der Waals surface area contributed by atoms with Crippen LogP contribution in [-0.2, 0) is 16.6 Å². The molecule has 1 N–H and O–H groups in total. The molecule has 7 heteroatoms. The largest absolute Gasteiger partial charge is 0.322 e. The summed E-state index contributed by atoms with van der Waals surface area (Å²) < 4.78 is 28.6. The Labute approximate surface area is 211 Å². The van der Waals surface area contributed by atoms with Crippen LogP contribution in [0.25, 0.3) is 0 Å². The van der Waals surface area contributed by atoms with Crippen molar-refractivity contribution in [3.05, 3.63) is 124 Å². The number of halogens is 1. The molecule has 0 unspecified atom stereocenters. The third kappa shape index (κ3) is 5.56. The quantitative estimate of drug-likeness (QED) is 0.308. The highest BCUT2D eigenvalue weighted by Gasteiger charge is 2.25. The van der Waals surface area contributed by atoms with Crippen LogP contribution in [-0.4, -0.2) is 14.3 Å². The first-order chi connectivity index (χ1) is 16.8. The maximum Gasteiger partial charge on any atom is 0.264 e. The van der Waals surface area contributed by atoms with Crippen LogP contribution in [0.3, 0.4) is 0 Å². The van der Waals surface area contributed by atoms with Gasteiger partial charge in [0.1, 0.15) is 0 Å². The number of rotatable bonds is 7. The fraction of sp³-hybridized carbons (Fsp3) is 0.107. The van der Waals surface area contributed by atoms with Gasteiger partial charge in [-0.05, 0) is 79.1 Å². The molecule has 0 bridgehead atoms. The van der Waals surface area contributed by atoms with E-state index in [4.69, 9.17) is 11.6 Å². The van der Waals surface area contributed by atoms with Gasteiger partial charge in [0.05, 0.1) is 27.7 Å². The molecule has 0 aliphatic rings. The van der Waals surface area contributed by atoms with Gasteiger partial charge in [-0.25, -0.2) is 8.42 Å². The third-order valence-electron chi connectivity index (χ3n) is 5.77. The molecule has 5 nitrogen and oxygen atoms in total. The molecule has 0 aliphatic heterocycles. The summed E-state index contributed by atoms with van der Waals surface area (Å²) in [6.07, 6.45) is 0. The van der Waals surface area contributed by atoms with E-state index in [0.717, 1.165) is 16.7 Å². The highest BCUT2D eigenvalue weighted by molar-refractivity contribution is 7.92. The summed E-state index contributed by atoms with van der Waals surface area (Å²) in [4.78, 5) is 12.8. The summed E-state index contributed by atoms with van der Waals surface area (Å²) in [7, 11) is -3.80. The molecule has 0 saturated heterocycles. The molecule has 1 amide bonds. The zero-order valence-electron chi connectivity index (χ0n) is 19.4. The molecule has 178 valence electrons. The summed E-state index contributed by atoms with van der Waals surface area (Å²) in [6, 6.07) is 27.9. The lowest BCUT2D eigenvalue weighted by atomic mass is 10.1. The Balaban J connectivity index is 1.61. The van der Waals surface area contributed by atoms with E-state index in [-0.39, 0.29) is 17.3 Å². The van der Waals surface area contributed by atoms with E-state index in [1.165, 1.54) is 4.31 Å². The number of hydrogen-bond donors (Lipinski definition) is 1. The predicted molar refractivity (Wildman–Crippen MR) is 142 cm³/mol. The normalized spacial score (nSPS) is 11.2. The summed E-state index contributed by atoms with van der Waals surface area (Å²) >= 11 is 6.12. The van der Waals surface area contributed by atoms with Crippen LogP contribution in [0.4, 0.5) is 11.4 Å². The molecule has 4 aromatic rings. The maximum absolute atomic E-state index is 13.6. The van der Waals surface area contributed by atoms with Crippen LogP contribution >= 0.6 is 11.6 Å². The number of carbonyl (C=O) groups excluding carboxylic acids is 1. The Hall–Kier alpha value is -3.61. The summed E-state index contributed by atoms with van der Waals surface area (Å²) in [6.45, 7) is 4.09. The van der Waals surface area contributed by atoms with Gasteiger partial charge in [-0.1, -0.05) is 60.1 Å². The molecule has 0 fully saturated rings. The molecule has 4 aromatic carbocycles. The SMILES string of the molecule is Cc1ccc(N(Cc2ccc(NC(=O)c3ccccc3Cl)cc2)S(=O)(=O)c2ccccc2)cc1C. The van der Waals surface area contributed by atoms with E-state index >= 15 is 0 Å². The van der Waals surface area contributed by atoms with E-state index in [2.05, 4.69) is 5.32 Å². The number of amides is 1. The first-order valence-corrected chi connectivity index (χ1v) is 12.9. The molecular weight excluding hydrogens is 480 g/mol. The topological polar surface area (TPSA) is 66.5 Å². The van der Waals surface area contributed by atoms with Crippen LogP contribution in [0.1, 0.15) is 27.0 Å². The third-order valence-corrected chi connectivity index (χ3v) is 7.88. The molecular formula is C28H25ClN2O3S. The molecule has 4 rings (SSSR count). The molecule has 0 aliphatic carbocycles. The minimum Gasteiger partial charge on any atom is -0.322 e. The van der Waals surface area contributed by atoms with Gasteiger partial charge in [-0.2, -0.15) is 0 Å². The van der Waals surface area contributed by atoms with Crippen molar-refractivity contribution in [1.29, 1.82) is 0 Å². The van der Waals surface area contributed by atoms with Gasteiger partial charge in [-0.3, -0.25) is 9.10 Å². The second-order valence-electron chi connectivity index (χ2n) is 8.22. The van der Waals surface area contributed by atoms with Gasteiger partial charge in [0, 0.05) is 5.69 Å². The van der Waals surface area contributed by atoms with Gasteiger partial charge < -0.3 is 5.32 Å². The number of benzene rings is 4. The minimum absolute atomic E-state index is 0.137. The van der Waals surface area contributed by atoms with Crippen molar-refractivity contribution in [1.82, 2.24) is 0 Å². The van der Waals surface area contributed by atoms with Crippen molar-refractivity contribution in [2.75, 3.05) is 9.62 Å². The van der Waals surface area contributed by atoms with Gasteiger partial charge in [0.2, 0.25) is 0 Å². The van der Waals surface area contributed by atoms with E-state index in [1.54, 1.807) is 78.9 Å². The van der Waals surface area contributed by atoms with Crippen LogP contribution in [0.2, 0.25) is 5.02 Å². The summed E-state index contributed by atoms with van der Waals surface area (Å²) in [5.41, 5.74) is 4.43. The first-order valence-electron chi connectivity index (χ1n) is 11.1. The Kier molecular flexibility index (Phi) is 7.24. The van der Waals surface area contributed by atoms with Crippen molar-refractivity contribution < 1.29 is 13.2 Å². The number of nitrogens with one attached hydrogen (secondary N) is 1. The number of anilines is 2. The average molecular weight is 505 g/mol. The first kappa shape index (κ1) is 24.5. The second-order valence-corrected chi connectivity index (χ2v) is 10.5. The smallest absolute Gasteiger partial charge is 0.264 e. The molecule has 0 heterocycles. The van der Waals surface area contributed by atoms with Crippen molar-refractivity contribution in [3.63, 3.8) is 0 Å². The Morgan fingerprint density at radius 3 is 2.14 bits per heavy atom. The van der Waals surface area contributed by atoms with Gasteiger partial charge in [-0.15, -0.1) is 0 Å².